The Labute approximate surface area is 86.6 Å². The van der Waals surface area contributed by atoms with Crippen LogP contribution in [0.4, 0.5) is 0 Å². The maximum atomic E-state index is 5.43. The average Bonchev–Trinajstić information content (AvgIpc) is 2.15. The van der Waals surface area contributed by atoms with Gasteiger partial charge in [0.15, 0.2) is 0 Å². The van der Waals surface area contributed by atoms with Crippen molar-refractivity contribution in [2.45, 2.75) is 25.5 Å². The fourth-order valence-corrected chi connectivity index (χ4v) is 1.61. The van der Waals surface area contributed by atoms with Crippen LogP contribution < -0.4 is 5.32 Å². The zero-order valence-electron chi connectivity index (χ0n) is 9.45. The van der Waals surface area contributed by atoms with Crippen LogP contribution >= 0.6 is 0 Å². The summed E-state index contributed by atoms with van der Waals surface area (Å²) in [6.45, 7) is 5.46. The Morgan fingerprint density at radius 2 is 2.29 bits per heavy atom. The molecule has 0 spiro atoms. The summed E-state index contributed by atoms with van der Waals surface area (Å²) in [7, 11) is 4.17. The minimum atomic E-state index is 0.327. The van der Waals surface area contributed by atoms with Crippen LogP contribution in [0, 0.1) is 0 Å². The molecule has 84 valence electrons. The zero-order valence-corrected chi connectivity index (χ0v) is 9.45. The minimum Gasteiger partial charge on any atom is -0.355 e. The molecule has 0 aromatic heterocycles. The van der Waals surface area contributed by atoms with Gasteiger partial charge in [-0.3, -0.25) is 0 Å². The van der Waals surface area contributed by atoms with Crippen molar-refractivity contribution in [2.24, 2.45) is 0 Å². The van der Waals surface area contributed by atoms with Crippen LogP contribution in [0.25, 0.3) is 0 Å². The Morgan fingerprint density at radius 3 is 2.86 bits per heavy atom. The van der Waals surface area contributed by atoms with Crippen molar-refractivity contribution < 1.29 is 9.47 Å². The van der Waals surface area contributed by atoms with Gasteiger partial charge in [0, 0.05) is 19.1 Å². The third-order valence-electron chi connectivity index (χ3n) is 2.30. The summed E-state index contributed by atoms with van der Waals surface area (Å²) in [6, 6.07) is 0.511. The second-order valence-corrected chi connectivity index (χ2v) is 4.17. The van der Waals surface area contributed by atoms with Gasteiger partial charge < -0.3 is 19.7 Å². The van der Waals surface area contributed by atoms with E-state index in [1.165, 1.54) is 0 Å². The number of hydrogen-bond donors (Lipinski definition) is 1. The van der Waals surface area contributed by atoms with Crippen LogP contribution in [-0.4, -0.2) is 57.6 Å². The Bertz CT molecular complexity index is 147. The molecule has 4 nitrogen and oxygen atoms in total. The highest BCUT2D eigenvalue weighted by Crippen LogP contribution is 2.04. The molecule has 0 bridgehead atoms. The summed E-state index contributed by atoms with van der Waals surface area (Å²) >= 11 is 0. The van der Waals surface area contributed by atoms with E-state index in [-0.39, 0.29) is 0 Å². The number of ether oxygens (including phenoxy) is 2. The van der Waals surface area contributed by atoms with E-state index in [1.54, 1.807) is 0 Å². The molecule has 1 saturated heterocycles. The van der Waals surface area contributed by atoms with Crippen molar-refractivity contribution >= 4 is 0 Å². The molecule has 0 amide bonds. The first-order valence-corrected chi connectivity index (χ1v) is 5.26. The zero-order chi connectivity index (χ0) is 10.4. The summed E-state index contributed by atoms with van der Waals surface area (Å²) in [5.41, 5.74) is 0. The quantitative estimate of drug-likeness (QED) is 0.695. The molecule has 2 unspecified atom stereocenters. The van der Waals surface area contributed by atoms with E-state index in [9.17, 15) is 0 Å². The molecule has 14 heavy (non-hydrogen) atoms. The SMILES string of the molecule is CC(CN(C)C)NCC1CCOCO1. The molecule has 0 saturated carbocycles. The summed E-state index contributed by atoms with van der Waals surface area (Å²) in [5, 5.41) is 3.46. The highest BCUT2D eigenvalue weighted by atomic mass is 16.7. The Hall–Kier alpha value is -0.160. The van der Waals surface area contributed by atoms with Crippen molar-refractivity contribution in [1.29, 1.82) is 0 Å². The van der Waals surface area contributed by atoms with E-state index < -0.39 is 0 Å². The molecule has 4 heteroatoms. The van der Waals surface area contributed by atoms with Crippen molar-refractivity contribution in [3.05, 3.63) is 0 Å². The number of rotatable bonds is 5. The Balaban J connectivity index is 2.06. The van der Waals surface area contributed by atoms with Gasteiger partial charge in [0.25, 0.3) is 0 Å². The van der Waals surface area contributed by atoms with Crippen molar-refractivity contribution in [1.82, 2.24) is 10.2 Å². The number of nitrogens with zero attached hydrogens (tertiary/aromatic N) is 1. The molecule has 0 radical (unpaired) electrons. The lowest BCUT2D eigenvalue weighted by atomic mass is 10.2. The van der Waals surface area contributed by atoms with Crippen molar-refractivity contribution in [3.8, 4) is 0 Å². The van der Waals surface area contributed by atoms with Crippen LogP contribution in [0.1, 0.15) is 13.3 Å². The van der Waals surface area contributed by atoms with Crippen LogP contribution in [0.5, 0.6) is 0 Å². The van der Waals surface area contributed by atoms with Crippen LogP contribution in [-0.2, 0) is 9.47 Å². The van der Waals surface area contributed by atoms with Gasteiger partial charge in [0.2, 0.25) is 0 Å². The van der Waals surface area contributed by atoms with Gasteiger partial charge in [0.1, 0.15) is 6.79 Å². The molecule has 2 atom stereocenters. The molecule has 1 heterocycles. The van der Waals surface area contributed by atoms with E-state index in [0.717, 1.165) is 26.1 Å². The number of nitrogens with one attached hydrogen (secondary N) is 1. The Kier molecular flexibility index (Phi) is 5.40. The molecule has 1 rings (SSSR count). The molecule has 1 fully saturated rings. The Morgan fingerprint density at radius 1 is 1.50 bits per heavy atom. The number of likely N-dealkylation sites (N-methyl/N-ethyl adjacent to an activating group) is 1. The molecule has 0 aromatic rings. The number of hydrogen-bond acceptors (Lipinski definition) is 4. The normalized spacial score (nSPS) is 25.3. The molecule has 0 aromatic carbocycles. The smallest absolute Gasteiger partial charge is 0.147 e. The predicted molar refractivity (Wildman–Crippen MR) is 56.3 cm³/mol. The molecule has 1 aliphatic heterocycles. The third-order valence-corrected chi connectivity index (χ3v) is 2.30. The first-order valence-electron chi connectivity index (χ1n) is 5.26. The predicted octanol–water partition coefficient (Wildman–Crippen LogP) is 0.289. The lowest BCUT2D eigenvalue weighted by Crippen LogP contribution is -2.42. The fourth-order valence-electron chi connectivity index (χ4n) is 1.61. The molecule has 0 aliphatic carbocycles. The van der Waals surface area contributed by atoms with Crippen molar-refractivity contribution in [2.75, 3.05) is 40.6 Å². The highest BCUT2D eigenvalue weighted by Gasteiger charge is 2.14. The van der Waals surface area contributed by atoms with E-state index in [4.69, 9.17) is 9.47 Å². The molecular weight excluding hydrogens is 180 g/mol. The summed E-state index contributed by atoms with van der Waals surface area (Å²) in [6.07, 6.45) is 1.33. The highest BCUT2D eigenvalue weighted by molar-refractivity contribution is 4.69. The summed E-state index contributed by atoms with van der Waals surface area (Å²) in [4.78, 5) is 2.18. The van der Waals surface area contributed by atoms with E-state index in [2.05, 4.69) is 31.2 Å². The van der Waals surface area contributed by atoms with Gasteiger partial charge in [-0.2, -0.15) is 0 Å². The fraction of sp³-hybridized carbons (Fsp3) is 1.00. The second-order valence-electron chi connectivity index (χ2n) is 4.17. The van der Waals surface area contributed by atoms with Gasteiger partial charge in [-0.05, 0) is 27.4 Å². The van der Waals surface area contributed by atoms with Gasteiger partial charge in [-0.1, -0.05) is 0 Å². The summed E-state index contributed by atoms with van der Waals surface area (Å²) in [5.74, 6) is 0. The maximum absolute atomic E-state index is 5.43. The van der Waals surface area contributed by atoms with Gasteiger partial charge in [-0.25, -0.2) is 0 Å². The van der Waals surface area contributed by atoms with E-state index >= 15 is 0 Å². The van der Waals surface area contributed by atoms with Crippen LogP contribution in [0.2, 0.25) is 0 Å². The topological polar surface area (TPSA) is 33.7 Å². The molecule has 1 N–H and O–H groups in total. The van der Waals surface area contributed by atoms with Crippen molar-refractivity contribution in [3.63, 3.8) is 0 Å². The average molecular weight is 202 g/mol. The maximum Gasteiger partial charge on any atom is 0.147 e. The van der Waals surface area contributed by atoms with Crippen LogP contribution in [0.15, 0.2) is 0 Å². The van der Waals surface area contributed by atoms with Gasteiger partial charge in [-0.15, -0.1) is 0 Å². The standard InChI is InChI=1S/C10H22N2O2/c1-9(7-12(2)3)11-6-10-4-5-13-8-14-10/h9-11H,4-8H2,1-3H3. The van der Waals surface area contributed by atoms with Crippen LogP contribution in [0.3, 0.4) is 0 Å². The monoisotopic (exact) mass is 202 g/mol. The van der Waals surface area contributed by atoms with E-state index in [1.807, 2.05) is 0 Å². The first kappa shape index (κ1) is 11.9. The largest absolute Gasteiger partial charge is 0.355 e. The second kappa shape index (κ2) is 6.35. The van der Waals surface area contributed by atoms with Gasteiger partial charge in [0.05, 0.1) is 12.7 Å². The molecular formula is C10H22N2O2. The summed E-state index contributed by atoms with van der Waals surface area (Å²) < 4.78 is 10.5. The third kappa shape index (κ3) is 4.91. The van der Waals surface area contributed by atoms with E-state index in [0.29, 0.717) is 18.9 Å². The molecule has 1 aliphatic rings. The first-order chi connectivity index (χ1) is 6.68. The van der Waals surface area contributed by atoms with Gasteiger partial charge >= 0.3 is 0 Å². The lowest BCUT2D eigenvalue weighted by molar-refractivity contribution is -0.137. The lowest BCUT2D eigenvalue weighted by Gasteiger charge is -2.25. The minimum absolute atomic E-state index is 0.327.